The molecule has 0 spiro atoms. The number of nitro groups is 2. The van der Waals surface area contributed by atoms with E-state index in [2.05, 4.69) is 69.2 Å². The highest BCUT2D eigenvalue weighted by Gasteiger charge is 2.58. The average Bonchev–Trinajstić information content (AvgIpc) is 3.40. The molecule has 0 aromatic carbocycles. The number of likely N-dealkylation sites (tertiary alicyclic amines) is 1. The molecular weight excluding hydrogens is 761 g/mol. The third-order valence-corrected chi connectivity index (χ3v) is 14.8. The van der Waals surface area contributed by atoms with Gasteiger partial charge < -0.3 is 14.0 Å². The second-order valence-electron chi connectivity index (χ2n) is 18.5. The quantitative estimate of drug-likeness (QED) is 0.0861. The molecule has 312 valence electrons. The Hall–Kier alpha value is -3.21. The highest BCUT2D eigenvalue weighted by Crippen LogP contribution is 2.54. The Morgan fingerprint density at radius 2 is 1.38 bits per heavy atom. The van der Waals surface area contributed by atoms with Crippen LogP contribution in [0.25, 0.3) is 0 Å². The molecule has 2 saturated carbocycles. The molecule has 3 fully saturated rings. The molecule has 3 aliphatic carbocycles. The SMILES string of the molecule is CC1(C)CC(/C=C/C=C2/N(CCCS(=O)(=O)[O-])C3CCC([N+](=O)[O-])CC3C2(C)C)=CC(=C/C=C/C2=[N+](CCCS(=O)(=O)[O-])C3CCC([N+](=O)[O-])CC3C2(C)C)/C1. The van der Waals surface area contributed by atoms with Crippen LogP contribution in [-0.2, 0) is 20.2 Å². The van der Waals surface area contributed by atoms with E-state index in [9.17, 15) is 46.2 Å². The van der Waals surface area contributed by atoms with Crippen LogP contribution in [-0.4, -0.2) is 99.7 Å². The average molecular weight is 820 g/mol. The fourth-order valence-corrected chi connectivity index (χ4v) is 11.7. The Kier molecular flexibility index (Phi) is 13.0. The summed E-state index contributed by atoms with van der Waals surface area (Å²) in [6, 6.07) is -1.17. The third kappa shape index (κ3) is 10.3. The molecule has 0 aromatic rings. The van der Waals surface area contributed by atoms with E-state index < -0.39 is 54.7 Å². The summed E-state index contributed by atoms with van der Waals surface area (Å²) < 4.78 is 70.7. The van der Waals surface area contributed by atoms with Crippen molar-refractivity contribution in [1.82, 2.24) is 4.90 Å². The lowest BCUT2D eigenvalue weighted by Gasteiger charge is -2.35. The predicted octanol–water partition coefficient (Wildman–Crippen LogP) is 5.99. The summed E-state index contributed by atoms with van der Waals surface area (Å²) in [5.41, 5.74) is 3.37. The van der Waals surface area contributed by atoms with E-state index in [0.717, 1.165) is 35.4 Å². The zero-order chi connectivity index (χ0) is 41.4. The van der Waals surface area contributed by atoms with Gasteiger partial charge in [0.05, 0.1) is 25.7 Å². The minimum absolute atomic E-state index is 0.0149. The predicted molar refractivity (Wildman–Crippen MR) is 212 cm³/mol. The molecule has 0 radical (unpaired) electrons. The van der Waals surface area contributed by atoms with Crippen molar-refractivity contribution >= 4 is 25.9 Å². The molecule has 14 nitrogen and oxygen atoms in total. The van der Waals surface area contributed by atoms with E-state index in [0.29, 0.717) is 51.6 Å². The highest BCUT2D eigenvalue weighted by atomic mass is 32.2. The summed E-state index contributed by atoms with van der Waals surface area (Å²) in [7, 11) is -8.74. The van der Waals surface area contributed by atoms with Gasteiger partial charge in [-0.05, 0) is 68.1 Å². The van der Waals surface area contributed by atoms with Gasteiger partial charge in [0.25, 0.3) is 0 Å². The van der Waals surface area contributed by atoms with Crippen LogP contribution in [0.4, 0.5) is 0 Å². The molecule has 6 unspecified atom stereocenters. The molecule has 0 amide bonds. The minimum Gasteiger partial charge on any atom is -0.748 e. The van der Waals surface area contributed by atoms with Crippen LogP contribution in [0.15, 0.2) is 59.4 Å². The van der Waals surface area contributed by atoms with Crippen molar-refractivity contribution < 1.29 is 40.4 Å². The summed E-state index contributed by atoms with van der Waals surface area (Å²) in [4.78, 5) is 25.3. The molecule has 1 saturated heterocycles. The first kappa shape index (κ1) is 43.9. The number of fused-ring (bicyclic) bond motifs is 2. The van der Waals surface area contributed by atoms with E-state index in [-0.39, 0.29) is 52.0 Å². The lowest BCUT2D eigenvalue weighted by Crippen LogP contribution is -2.42. The zero-order valence-electron chi connectivity index (χ0n) is 33.6. The van der Waals surface area contributed by atoms with Crippen molar-refractivity contribution in [2.45, 2.75) is 130 Å². The van der Waals surface area contributed by atoms with Crippen molar-refractivity contribution in [3.8, 4) is 0 Å². The van der Waals surface area contributed by atoms with E-state index in [1.54, 1.807) is 0 Å². The Bertz CT molecular complexity index is 1960. The van der Waals surface area contributed by atoms with Gasteiger partial charge in [-0.1, -0.05) is 58.1 Å². The van der Waals surface area contributed by atoms with Gasteiger partial charge in [0.2, 0.25) is 12.1 Å². The van der Waals surface area contributed by atoms with Crippen molar-refractivity contribution in [1.29, 1.82) is 0 Å². The van der Waals surface area contributed by atoms with E-state index in [4.69, 9.17) is 0 Å². The molecule has 16 heteroatoms. The molecule has 2 aliphatic heterocycles. The van der Waals surface area contributed by atoms with E-state index >= 15 is 0 Å². The maximum atomic E-state index is 11.8. The Morgan fingerprint density at radius 3 is 2.00 bits per heavy atom. The largest absolute Gasteiger partial charge is 0.748 e. The second-order valence-corrected chi connectivity index (χ2v) is 21.6. The molecule has 0 bridgehead atoms. The lowest BCUT2D eigenvalue weighted by atomic mass is 9.68. The summed E-state index contributed by atoms with van der Waals surface area (Å²) >= 11 is 0. The van der Waals surface area contributed by atoms with Gasteiger partial charge >= 0.3 is 0 Å². The fraction of sp³-hybridized carbons (Fsp3) is 0.725. The van der Waals surface area contributed by atoms with Crippen LogP contribution in [0.3, 0.4) is 0 Å². The molecule has 5 aliphatic rings. The first-order valence-electron chi connectivity index (χ1n) is 19.9. The monoisotopic (exact) mass is 819 g/mol. The van der Waals surface area contributed by atoms with Crippen molar-refractivity contribution in [2.75, 3.05) is 24.6 Å². The molecular formula is C40H59N4O10S2-. The van der Waals surface area contributed by atoms with Crippen molar-refractivity contribution in [3.05, 3.63) is 79.6 Å². The van der Waals surface area contributed by atoms with Crippen LogP contribution >= 0.6 is 0 Å². The molecule has 5 rings (SSSR count). The van der Waals surface area contributed by atoms with Gasteiger partial charge in [0.15, 0.2) is 11.8 Å². The van der Waals surface area contributed by atoms with Crippen LogP contribution in [0.1, 0.15) is 106 Å². The number of nitrogens with zero attached hydrogens (tertiary/aromatic N) is 4. The van der Waals surface area contributed by atoms with Gasteiger partial charge in [0.1, 0.15) is 6.54 Å². The first-order valence-corrected chi connectivity index (χ1v) is 23.1. The summed E-state index contributed by atoms with van der Waals surface area (Å²) in [5.74, 6) is -0.892. The maximum Gasteiger partial charge on any atom is 0.214 e. The van der Waals surface area contributed by atoms with Crippen LogP contribution in [0.2, 0.25) is 0 Å². The molecule has 6 atom stereocenters. The van der Waals surface area contributed by atoms with Gasteiger partial charge in [-0.25, -0.2) is 21.4 Å². The molecule has 0 aromatic heterocycles. The summed E-state index contributed by atoms with van der Waals surface area (Å²) in [5, 5.41) is 23.5. The van der Waals surface area contributed by atoms with Gasteiger partial charge in [-0.2, -0.15) is 0 Å². The molecule has 2 heterocycles. The van der Waals surface area contributed by atoms with Gasteiger partial charge in [0, 0.05) is 95.6 Å². The Labute approximate surface area is 332 Å². The zero-order valence-corrected chi connectivity index (χ0v) is 35.2. The van der Waals surface area contributed by atoms with Crippen LogP contribution in [0.5, 0.6) is 0 Å². The molecule has 56 heavy (non-hydrogen) atoms. The topological polar surface area (TPSA) is 207 Å². The van der Waals surface area contributed by atoms with Crippen molar-refractivity contribution in [2.24, 2.45) is 28.1 Å². The number of hydrogen-bond acceptors (Lipinski definition) is 11. The Balaban J connectivity index is 1.41. The minimum atomic E-state index is -4.37. The standard InChI is InChI=1S/C40H60N4O10S2/c1-38(2)26-28(11-7-13-36-39(3,4)32-24-30(43(45)46)15-17-34(32)41(36)19-9-21-55(49,50)51)23-29(27-38)12-8-14-37-40(5,6)33-25-31(44(47)48)16-18-35(33)42(37)20-10-22-56(52,53)54/h7-8,11-14,23,30-35H,9-10,15-22,24-27H2,1-6H3,(H-,49,50,51,52,53,54)/p-1. The smallest absolute Gasteiger partial charge is 0.214 e. The third-order valence-electron chi connectivity index (χ3n) is 13.2. The number of allylic oxidation sites excluding steroid dienone is 10. The summed E-state index contributed by atoms with van der Waals surface area (Å²) in [6.45, 7) is 13.6. The van der Waals surface area contributed by atoms with Crippen LogP contribution in [0, 0.1) is 48.3 Å². The summed E-state index contributed by atoms with van der Waals surface area (Å²) in [6.07, 6.45) is 19.5. The van der Waals surface area contributed by atoms with E-state index in [1.807, 2.05) is 24.3 Å². The van der Waals surface area contributed by atoms with Gasteiger partial charge in [-0.15, -0.1) is 0 Å². The number of hydrogen-bond donors (Lipinski definition) is 0. The number of rotatable bonds is 14. The maximum absolute atomic E-state index is 11.8. The second kappa shape index (κ2) is 16.6. The Morgan fingerprint density at radius 1 is 0.786 bits per heavy atom. The normalized spacial score (nSPS) is 31.6. The van der Waals surface area contributed by atoms with Gasteiger partial charge in [-0.3, -0.25) is 20.2 Å². The highest BCUT2D eigenvalue weighted by molar-refractivity contribution is 7.85. The molecule has 0 N–H and O–H groups in total. The fourth-order valence-electron chi connectivity index (χ4n) is 10.7. The van der Waals surface area contributed by atoms with E-state index in [1.165, 1.54) is 0 Å². The first-order chi connectivity index (χ1) is 25.9. The van der Waals surface area contributed by atoms with Crippen molar-refractivity contribution in [3.63, 3.8) is 0 Å². The van der Waals surface area contributed by atoms with Crippen LogP contribution < -0.4 is 0 Å². The lowest BCUT2D eigenvalue weighted by molar-refractivity contribution is -0.580.